The molecule has 1 N–H and O–H groups in total. The Labute approximate surface area is 94.1 Å². The number of phenols is 1. The van der Waals surface area contributed by atoms with Crippen LogP contribution >= 0.6 is 10.7 Å². The molecule has 1 atom stereocenters. The van der Waals surface area contributed by atoms with Crippen LogP contribution in [0.1, 0.15) is 12.5 Å². The van der Waals surface area contributed by atoms with Crippen LogP contribution in [-0.2, 0) is 15.5 Å². The Balaban J connectivity index is 2.67. The molecule has 0 fully saturated rings. The number of hydrogen-bond acceptors (Lipinski definition) is 3. The summed E-state index contributed by atoms with van der Waals surface area (Å²) in [6.07, 6.45) is 0.499. The third-order valence-electron chi connectivity index (χ3n) is 2.04. The third-order valence-corrected chi connectivity index (χ3v) is 3.39. The highest BCUT2D eigenvalue weighted by molar-refractivity contribution is 8.13. The number of benzene rings is 1. The van der Waals surface area contributed by atoms with Crippen LogP contribution in [0, 0.1) is 5.92 Å². The van der Waals surface area contributed by atoms with Gasteiger partial charge in [0.15, 0.2) is 0 Å². The quantitative estimate of drug-likeness (QED) is 0.831. The Morgan fingerprint density at radius 3 is 2.53 bits per heavy atom. The fraction of sp³-hybridized carbons (Fsp3) is 0.400. The zero-order valence-electron chi connectivity index (χ0n) is 8.35. The van der Waals surface area contributed by atoms with Crippen molar-refractivity contribution in [3.63, 3.8) is 0 Å². The van der Waals surface area contributed by atoms with Crippen LogP contribution in [-0.4, -0.2) is 19.3 Å². The minimum Gasteiger partial charge on any atom is -0.508 e. The smallest absolute Gasteiger partial charge is 0.232 e. The Morgan fingerprint density at radius 1 is 1.40 bits per heavy atom. The summed E-state index contributed by atoms with van der Waals surface area (Å²) in [6.45, 7) is 1.78. The second kappa shape index (κ2) is 4.86. The first-order chi connectivity index (χ1) is 6.88. The molecule has 1 aromatic rings. The van der Waals surface area contributed by atoms with Crippen LogP contribution < -0.4 is 0 Å². The molecule has 84 valence electrons. The van der Waals surface area contributed by atoms with Gasteiger partial charge >= 0.3 is 0 Å². The second-order valence-electron chi connectivity index (χ2n) is 3.64. The van der Waals surface area contributed by atoms with Crippen molar-refractivity contribution in [1.29, 1.82) is 0 Å². The van der Waals surface area contributed by atoms with Gasteiger partial charge in [-0.2, -0.15) is 0 Å². The lowest BCUT2D eigenvalue weighted by Crippen LogP contribution is -2.11. The van der Waals surface area contributed by atoms with Gasteiger partial charge in [0.05, 0.1) is 5.75 Å². The third kappa shape index (κ3) is 4.53. The first-order valence-corrected chi connectivity index (χ1v) is 7.05. The molecule has 1 aromatic carbocycles. The number of aromatic hydroxyl groups is 1. The van der Waals surface area contributed by atoms with Gasteiger partial charge in [0.1, 0.15) is 5.75 Å². The molecule has 15 heavy (non-hydrogen) atoms. The van der Waals surface area contributed by atoms with E-state index in [1.54, 1.807) is 31.2 Å². The number of para-hydroxylation sites is 1. The maximum atomic E-state index is 10.8. The van der Waals surface area contributed by atoms with Gasteiger partial charge in [-0.05, 0) is 24.0 Å². The Kier molecular flexibility index (Phi) is 3.99. The molecule has 0 radical (unpaired) electrons. The lowest BCUT2D eigenvalue weighted by Gasteiger charge is -2.10. The lowest BCUT2D eigenvalue weighted by molar-refractivity contribution is 0.462. The van der Waals surface area contributed by atoms with E-state index in [0.29, 0.717) is 6.42 Å². The van der Waals surface area contributed by atoms with Crippen LogP contribution in [0.4, 0.5) is 0 Å². The number of rotatable bonds is 4. The molecule has 0 heterocycles. The van der Waals surface area contributed by atoms with Crippen molar-refractivity contribution < 1.29 is 13.5 Å². The molecular formula is C10H13ClO3S. The fourth-order valence-corrected chi connectivity index (χ4v) is 2.90. The molecule has 1 rings (SSSR count). The van der Waals surface area contributed by atoms with Crippen molar-refractivity contribution in [3.8, 4) is 5.75 Å². The molecule has 0 aliphatic rings. The summed E-state index contributed by atoms with van der Waals surface area (Å²) in [4.78, 5) is 0. The topological polar surface area (TPSA) is 54.4 Å². The van der Waals surface area contributed by atoms with Gasteiger partial charge < -0.3 is 5.11 Å². The van der Waals surface area contributed by atoms with E-state index in [9.17, 15) is 13.5 Å². The number of phenolic OH excluding ortho intramolecular Hbond substituents is 1. The van der Waals surface area contributed by atoms with E-state index < -0.39 is 9.05 Å². The number of halogens is 1. The van der Waals surface area contributed by atoms with Crippen molar-refractivity contribution >= 4 is 19.7 Å². The average molecular weight is 249 g/mol. The maximum absolute atomic E-state index is 10.8. The molecule has 0 saturated heterocycles. The molecule has 0 aromatic heterocycles. The first-order valence-electron chi connectivity index (χ1n) is 4.57. The summed E-state index contributed by atoms with van der Waals surface area (Å²) in [5.74, 6) is 0.000201. The SMILES string of the molecule is CC(Cc1ccccc1O)CS(=O)(=O)Cl. The predicted molar refractivity (Wildman–Crippen MR) is 60.6 cm³/mol. The van der Waals surface area contributed by atoms with Crippen LogP contribution in [0.3, 0.4) is 0 Å². The summed E-state index contributed by atoms with van der Waals surface area (Å²) in [5, 5.41) is 9.48. The molecule has 0 bridgehead atoms. The van der Waals surface area contributed by atoms with Crippen molar-refractivity contribution in [3.05, 3.63) is 29.8 Å². The molecule has 1 unspecified atom stereocenters. The highest BCUT2D eigenvalue weighted by Crippen LogP contribution is 2.20. The molecule has 0 saturated carbocycles. The fourth-order valence-electron chi connectivity index (χ4n) is 1.46. The van der Waals surface area contributed by atoms with Crippen LogP contribution in [0.15, 0.2) is 24.3 Å². The lowest BCUT2D eigenvalue weighted by atomic mass is 10.0. The summed E-state index contributed by atoms with van der Waals surface area (Å²) in [5.41, 5.74) is 0.741. The largest absolute Gasteiger partial charge is 0.508 e. The highest BCUT2D eigenvalue weighted by Gasteiger charge is 2.14. The minimum atomic E-state index is -3.47. The molecule has 5 heteroatoms. The van der Waals surface area contributed by atoms with Crippen LogP contribution in [0.2, 0.25) is 0 Å². The van der Waals surface area contributed by atoms with Crippen molar-refractivity contribution in [2.75, 3.05) is 5.75 Å². The summed E-state index contributed by atoms with van der Waals surface area (Å²) >= 11 is 0. The van der Waals surface area contributed by atoms with Gasteiger partial charge in [-0.3, -0.25) is 0 Å². The molecule has 3 nitrogen and oxygen atoms in total. The maximum Gasteiger partial charge on any atom is 0.232 e. The zero-order valence-corrected chi connectivity index (χ0v) is 9.92. The molecular weight excluding hydrogens is 236 g/mol. The van der Waals surface area contributed by atoms with Gasteiger partial charge in [0.2, 0.25) is 9.05 Å². The standard InChI is InChI=1S/C10H13ClO3S/c1-8(7-15(11,13)14)6-9-4-2-3-5-10(9)12/h2-5,8,12H,6-7H2,1H3. The van der Waals surface area contributed by atoms with Gasteiger partial charge in [-0.1, -0.05) is 25.1 Å². The Hall–Kier alpha value is -0.740. The van der Waals surface area contributed by atoms with Gasteiger partial charge in [-0.25, -0.2) is 8.42 Å². The van der Waals surface area contributed by atoms with Crippen LogP contribution in [0.5, 0.6) is 5.75 Å². The van der Waals surface area contributed by atoms with Gasteiger partial charge in [0.25, 0.3) is 0 Å². The number of hydrogen-bond donors (Lipinski definition) is 1. The van der Waals surface area contributed by atoms with Crippen molar-refractivity contribution in [1.82, 2.24) is 0 Å². The summed E-state index contributed by atoms with van der Waals surface area (Å²) in [6, 6.07) is 6.88. The molecule has 0 amide bonds. The van der Waals surface area contributed by atoms with E-state index in [0.717, 1.165) is 5.56 Å². The van der Waals surface area contributed by atoms with E-state index in [1.165, 1.54) is 0 Å². The van der Waals surface area contributed by atoms with Crippen molar-refractivity contribution in [2.45, 2.75) is 13.3 Å². The second-order valence-corrected chi connectivity index (χ2v) is 6.47. The molecule has 0 aliphatic heterocycles. The molecule has 0 spiro atoms. The highest BCUT2D eigenvalue weighted by atomic mass is 35.7. The molecule has 0 aliphatic carbocycles. The summed E-state index contributed by atoms with van der Waals surface area (Å²) in [7, 11) is 1.68. The minimum absolute atomic E-state index is 0.0805. The average Bonchev–Trinajstić information content (AvgIpc) is 2.05. The zero-order chi connectivity index (χ0) is 11.5. The summed E-state index contributed by atoms with van der Waals surface area (Å²) < 4.78 is 21.6. The van der Waals surface area contributed by atoms with Gasteiger partial charge in [0, 0.05) is 10.7 Å². The van der Waals surface area contributed by atoms with Crippen molar-refractivity contribution in [2.24, 2.45) is 5.92 Å². The Morgan fingerprint density at radius 2 is 2.00 bits per heavy atom. The van der Waals surface area contributed by atoms with E-state index in [-0.39, 0.29) is 17.4 Å². The first kappa shape index (κ1) is 12.3. The monoisotopic (exact) mass is 248 g/mol. The Bertz CT molecular complexity index is 428. The van der Waals surface area contributed by atoms with E-state index in [4.69, 9.17) is 10.7 Å². The van der Waals surface area contributed by atoms with E-state index >= 15 is 0 Å². The van der Waals surface area contributed by atoms with E-state index in [1.807, 2.05) is 0 Å². The predicted octanol–water partition coefficient (Wildman–Crippen LogP) is 2.14. The van der Waals surface area contributed by atoms with Crippen LogP contribution in [0.25, 0.3) is 0 Å². The van der Waals surface area contributed by atoms with E-state index in [2.05, 4.69) is 0 Å². The van der Waals surface area contributed by atoms with Gasteiger partial charge in [-0.15, -0.1) is 0 Å². The normalized spacial score (nSPS) is 13.7.